The largest absolute Gasteiger partial charge is 0.300 e. The van der Waals surface area contributed by atoms with Crippen molar-refractivity contribution in [3.8, 4) is 0 Å². The molecular formula is C20H14Cl3FN4. The van der Waals surface area contributed by atoms with E-state index < -0.39 is 5.66 Å². The summed E-state index contributed by atoms with van der Waals surface area (Å²) < 4.78 is 13.5. The summed E-state index contributed by atoms with van der Waals surface area (Å²) >= 11 is 19.0. The Hall–Kier alpha value is -2.31. The molecule has 8 heteroatoms. The van der Waals surface area contributed by atoms with Crippen LogP contribution in [-0.4, -0.2) is 4.98 Å². The third-order valence-corrected chi connectivity index (χ3v) is 5.26. The highest BCUT2D eigenvalue weighted by Gasteiger charge is 2.41. The SMILES string of the molecule is NC1(c2ccc(F)cc2)C=C(c2ccncc2)NN1c1c(Cl)cc(Cl)cc1Cl. The van der Waals surface area contributed by atoms with Crippen LogP contribution in [0, 0.1) is 5.82 Å². The van der Waals surface area contributed by atoms with Gasteiger partial charge < -0.3 is 0 Å². The van der Waals surface area contributed by atoms with Crippen molar-refractivity contribution in [3.63, 3.8) is 0 Å². The second-order valence-corrected chi connectivity index (χ2v) is 7.54. The molecule has 2 heterocycles. The Kier molecular flexibility index (Phi) is 4.93. The van der Waals surface area contributed by atoms with E-state index in [1.54, 1.807) is 41.7 Å². The smallest absolute Gasteiger partial charge is 0.155 e. The normalized spacial score (nSPS) is 18.8. The van der Waals surface area contributed by atoms with Crippen LogP contribution in [0.5, 0.6) is 0 Å². The zero-order valence-electron chi connectivity index (χ0n) is 14.3. The fourth-order valence-corrected chi connectivity index (χ4v) is 4.11. The Morgan fingerprint density at radius 3 is 2.18 bits per heavy atom. The molecule has 2 aromatic carbocycles. The van der Waals surface area contributed by atoms with Crippen molar-refractivity contribution < 1.29 is 4.39 Å². The van der Waals surface area contributed by atoms with Crippen molar-refractivity contribution in [2.45, 2.75) is 5.66 Å². The van der Waals surface area contributed by atoms with Gasteiger partial charge in [0.2, 0.25) is 0 Å². The minimum Gasteiger partial charge on any atom is -0.300 e. The first-order chi connectivity index (χ1) is 13.4. The number of nitrogens with zero attached hydrogens (tertiary/aromatic N) is 2. The van der Waals surface area contributed by atoms with Gasteiger partial charge in [-0.2, -0.15) is 0 Å². The van der Waals surface area contributed by atoms with E-state index in [1.165, 1.54) is 12.1 Å². The minimum absolute atomic E-state index is 0.325. The third kappa shape index (κ3) is 3.31. The molecule has 0 radical (unpaired) electrons. The summed E-state index contributed by atoms with van der Waals surface area (Å²) in [6.07, 6.45) is 5.19. The third-order valence-electron chi connectivity index (χ3n) is 4.47. The molecule has 1 aliphatic heterocycles. The van der Waals surface area contributed by atoms with Gasteiger partial charge in [0, 0.05) is 23.0 Å². The number of benzene rings is 2. The molecule has 0 fully saturated rings. The Balaban J connectivity index is 1.89. The van der Waals surface area contributed by atoms with Gasteiger partial charge in [-0.3, -0.25) is 21.2 Å². The maximum atomic E-state index is 13.5. The van der Waals surface area contributed by atoms with Gasteiger partial charge in [0.1, 0.15) is 5.82 Å². The molecule has 0 bridgehead atoms. The molecular weight excluding hydrogens is 422 g/mol. The predicted octanol–water partition coefficient (Wildman–Crippen LogP) is 5.36. The topological polar surface area (TPSA) is 54.2 Å². The molecule has 0 saturated heterocycles. The van der Waals surface area contributed by atoms with Crippen LogP contribution in [0.25, 0.3) is 5.70 Å². The molecule has 3 aromatic rings. The van der Waals surface area contributed by atoms with Gasteiger partial charge in [-0.15, -0.1) is 0 Å². The van der Waals surface area contributed by atoms with Gasteiger partial charge in [0.25, 0.3) is 0 Å². The van der Waals surface area contributed by atoms with Crippen LogP contribution < -0.4 is 16.2 Å². The Morgan fingerprint density at radius 2 is 1.57 bits per heavy atom. The van der Waals surface area contributed by atoms with Crippen LogP contribution in [0.2, 0.25) is 15.1 Å². The van der Waals surface area contributed by atoms with E-state index in [2.05, 4.69) is 10.4 Å². The Bertz CT molecular complexity index is 1030. The second-order valence-electron chi connectivity index (χ2n) is 6.29. The first kappa shape index (κ1) is 19.0. The van der Waals surface area contributed by atoms with E-state index in [0.29, 0.717) is 26.3 Å². The fraction of sp³-hybridized carbons (Fsp3) is 0.0500. The molecule has 4 nitrogen and oxygen atoms in total. The van der Waals surface area contributed by atoms with E-state index in [-0.39, 0.29) is 5.82 Å². The van der Waals surface area contributed by atoms with Gasteiger partial charge >= 0.3 is 0 Å². The molecule has 0 aliphatic carbocycles. The zero-order valence-corrected chi connectivity index (χ0v) is 16.6. The summed E-state index contributed by atoms with van der Waals surface area (Å²) in [5.41, 5.74) is 11.6. The number of anilines is 1. The lowest BCUT2D eigenvalue weighted by molar-refractivity contribution is 0.516. The number of halogens is 4. The van der Waals surface area contributed by atoms with Crippen LogP contribution in [0.4, 0.5) is 10.1 Å². The van der Waals surface area contributed by atoms with Gasteiger partial charge in [-0.1, -0.05) is 46.9 Å². The zero-order chi connectivity index (χ0) is 19.9. The summed E-state index contributed by atoms with van der Waals surface area (Å²) in [5, 5.41) is 2.71. The Morgan fingerprint density at radius 1 is 0.964 bits per heavy atom. The van der Waals surface area contributed by atoms with Gasteiger partial charge in [0.15, 0.2) is 5.66 Å². The van der Waals surface area contributed by atoms with Crippen LogP contribution in [0.15, 0.2) is 67.0 Å². The summed E-state index contributed by atoms with van der Waals surface area (Å²) in [6, 6.07) is 12.8. The molecule has 4 rings (SSSR count). The number of pyridine rings is 1. The molecule has 0 amide bonds. The predicted molar refractivity (Wildman–Crippen MR) is 112 cm³/mol. The number of hydrazine groups is 1. The van der Waals surface area contributed by atoms with Crippen molar-refractivity contribution >= 4 is 46.2 Å². The van der Waals surface area contributed by atoms with E-state index in [4.69, 9.17) is 40.5 Å². The minimum atomic E-state index is -1.19. The van der Waals surface area contributed by atoms with Crippen LogP contribution >= 0.6 is 34.8 Å². The average molecular weight is 436 g/mol. The van der Waals surface area contributed by atoms with Gasteiger partial charge in [-0.25, -0.2) is 4.39 Å². The maximum Gasteiger partial charge on any atom is 0.155 e. The van der Waals surface area contributed by atoms with Crippen molar-refractivity contribution in [1.29, 1.82) is 0 Å². The van der Waals surface area contributed by atoms with Crippen LogP contribution in [-0.2, 0) is 5.66 Å². The van der Waals surface area contributed by atoms with Crippen molar-refractivity contribution in [2.75, 3.05) is 5.01 Å². The highest BCUT2D eigenvalue weighted by Crippen LogP contribution is 2.44. The lowest BCUT2D eigenvalue weighted by Gasteiger charge is -2.37. The van der Waals surface area contributed by atoms with Gasteiger partial charge in [0.05, 0.1) is 21.4 Å². The van der Waals surface area contributed by atoms with E-state index in [0.717, 1.165) is 11.3 Å². The van der Waals surface area contributed by atoms with E-state index in [9.17, 15) is 4.39 Å². The second kappa shape index (κ2) is 7.26. The molecule has 1 atom stereocenters. The van der Waals surface area contributed by atoms with Crippen LogP contribution in [0.3, 0.4) is 0 Å². The van der Waals surface area contributed by atoms with Crippen molar-refractivity contribution in [3.05, 3.63) is 99.0 Å². The number of hydrogen-bond acceptors (Lipinski definition) is 4. The summed E-state index contributed by atoms with van der Waals surface area (Å²) in [4.78, 5) is 4.04. The fourth-order valence-electron chi connectivity index (χ4n) is 3.13. The molecule has 28 heavy (non-hydrogen) atoms. The molecule has 1 unspecified atom stereocenters. The number of nitrogens with two attached hydrogens (primary N) is 1. The first-order valence-corrected chi connectivity index (χ1v) is 9.41. The standard InChI is InChI=1S/C20H14Cl3FN4/c21-14-9-16(22)19(17(23)10-14)28-20(25,13-1-3-15(24)4-2-13)11-18(27-28)12-5-7-26-8-6-12/h1-11,27H,25H2. The van der Waals surface area contributed by atoms with Gasteiger partial charge in [-0.05, 0) is 48.0 Å². The first-order valence-electron chi connectivity index (χ1n) is 8.28. The molecule has 0 spiro atoms. The number of hydrogen-bond donors (Lipinski definition) is 2. The van der Waals surface area contributed by atoms with E-state index in [1.807, 2.05) is 18.2 Å². The molecule has 1 aromatic heterocycles. The molecule has 0 saturated carbocycles. The average Bonchev–Trinajstić information content (AvgIpc) is 3.01. The maximum absolute atomic E-state index is 13.5. The molecule has 142 valence electrons. The number of nitrogens with one attached hydrogen (secondary N) is 1. The number of aromatic nitrogens is 1. The lowest BCUT2D eigenvalue weighted by atomic mass is 9.98. The van der Waals surface area contributed by atoms with Crippen molar-refractivity contribution in [1.82, 2.24) is 10.4 Å². The Labute approximate surface area is 176 Å². The van der Waals surface area contributed by atoms with Crippen LogP contribution in [0.1, 0.15) is 11.1 Å². The molecule has 1 aliphatic rings. The summed E-state index contributed by atoms with van der Waals surface area (Å²) in [5.74, 6) is -0.356. The summed E-state index contributed by atoms with van der Waals surface area (Å²) in [6.45, 7) is 0. The highest BCUT2D eigenvalue weighted by atomic mass is 35.5. The summed E-state index contributed by atoms with van der Waals surface area (Å²) in [7, 11) is 0. The lowest BCUT2D eigenvalue weighted by Crippen LogP contribution is -2.53. The number of rotatable bonds is 3. The van der Waals surface area contributed by atoms with E-state index >= 15 is 0 Å². The monoisotopic (exact) mass is 434 g/mol. The molecule has 3 N–H and O–H groups in total. The highest BCUT2D eigenvalue weighted by molar-refractivity contribution is 6.41. The quantitative estimate of drug-likeness (QED) is 0.581. The van der Waals surface area contributed by atoms with Crippen molar-refractivity contribution in [2.24, 2.45) is 5.73 Å².